The monoisotopic (exact) mass is 280 g/mol. The van der Waals surface area contributed by atoms with E-state index in [1.165, 1.54) is 17.0 Å². The van der Waals surface area contributed by atoms with Crippen molar-refractivity contribution in [1.82, 2.24) is 4.90 Å². The van der Waals surface area contributed by atoms with Crippen LogP contribution in [0.25, 0.3) is 0 Å². The minimum absolute atomic E-state index is 0.0203. The molecule has 1 aliphatic heterocycles. The molecule has 106 valence electrons. The van der Waals surface area contributed by atoms with Gasteiger partial charge in [0.1, 0.15) is 5.82 Å². The number of primary amides is 1. The highest BCUT2D eigenvalue weighted by molar-refractivity contribution is 5.92. The van der Waals surface area contributed by atoms with E-state index in [1.54, 1.807) is 0 Å². The third-order valence-electron chi connectivity index (χ3n) is 3.26. The van der Waals surface area contributed by atoms with Gasteiger partial charge < -0.3 is 15.7 Å². The number of rotatable bonds is 4. The maximum Gasteiger partial charge on any atom is 0.308 e. The Labute approximate surface area is 114 Å². The van der Waals surface area contributed by atoms with Gasteiger partial charge in [0.2, 0.25) is 11.8 Å². The van der Waals surface area contributed by atoms with E-state index in [4.69, 9.17) is 10.8 Å². The summed E-state index contributed by atoms with van der Waals surface area (Å²) in [4.78, 5) is 34.7. The largest absolute Gasteiger partial charge is 0.481 e. The number of aliphatic carboxylic acids is 1. The van der Waals surface area contributed by atoms with Gasteiger partial charge in [-0.15, -0.1) is 0 Å². The van der Waals surface area contributed by atoms with Gasteiger partial charge in [0.15, 0.2) is 0 Å². The zero-order chi connectivity index (χ0) is 14.9. The summed E-state index contributed by atoms with van der Waals surface area (Å²) in [6.07, 6.45) is -0.0731. The summed E-state index contributed by atoms with van der Waals surface area (Å²) in [7, 11) is 0. The number of likely N-dealkylation sites (tertiary alicyclic amines) is 1. The molecular weight excluding hydrogens is 267 g/mol. The Kier molecular flexibility index (Phi) is 3.69. The normalized spacial score (nSPS) is 18.4. The fourth-order valence-corrected chi connectivity index (χ4v) is 2.12. The molecule has 1 heterocycles. The van der Waals surface area contributed by atoms with Crippen molar-refractivity contribution in [3.05, 3.63) is 35.1 Å². The molecule has 20 heavy (non-hydrogen) atoms. The number of nitrogens with two attached hydrogens (primary N) is 1. The fourth-order valence-electron chi connectivity index (χ4n) is 2.12. The molecule has 0 bridgehead atoms. The molecule has 6 nitrogen and oxygen atoms in total. The molecule has 0 aromatic heterocycles. The molecule has 0 radical (unpaired) electrons. The van der Waals surface area contributed by atoms with Crippen LogP contribution in [0.4, 0.5) is 4.39 Å². The Balaban J connectivity index is 2.13. The summed E-state index contributed by atoms with van der Waals surface area (Å²) in [5.41, 5.74) is 5.30. The zero-order valence-electron chi connectivity index (χ0n) is 10.5. The van der Waals surface area contributed by atoms with Crippen molar-refractivity contribution in [1.29, 1.82) is 0 Å². The van der Waals surface area contributed by atoms with Crippen LogP contribution in [-0.2, 0) is 16.1 Å². The van der Waals surface area contributed by atoms with Crippen LogP contribution < -0.4 is 5.73 Å². The van der Waals surface area contributed by atoms with Crippen LogP contribution in [-0.4, -0.2) is 34.3 Å². The quantitative estimate of drug-likeness (QED) is 0.831. The molecule has 1 atom stereocenters. The number of hydrogen-bond donors (Lipinski definition) is 2. The molecule has 2 rings (SSSR count). The average molecular weight is 280 g/mol. The van der Waals surface area contributed by atoms with E-state index in [0.717, 1.165) is 6.07 Å². The van der Waals surface area contributed by atoms with Gasteiger partial charge in [0, 0.05) is 30.6 Å². The highest BCUT2D eigenvalue weighted by Crippen LogP contribution is 2.21. The summed E-state index contributed by atoms with van der Waals surface area (Å²) < 4.78 is 13.8. The third-order valence-corrected chi connectivity index (χ3v) is 3.26. The Morgan fingerprint density at radius 1 is 1.45 bits per heavy atom. The molecular formula is C13H13FN2O4. The molecule has 1 aliphatic rings. The van der Waals surface area contributed by atoms with E-state index < -0.39 is 23.6 Å². The van der Waals surface area contributed by atoms with E-state index in [2.05, 4.69) is 0 Å². The van der Waals surface area contributed by atoms with Gasteiger partial charge in [-0.1, -0.05) is 6.07 Å². The lowest BCUT2D eigenvalue weighted by molar-refractivity contribution is -0.141. The Hall–Kier alpha value is -2.44. The number of halogens is 1. The molecule has 3 N–H and O–H groups in total. The lowest BCUT2D eigenvalue weighted by Gasteiger charge is -2.16. The standard InChI is InChI=1S/C13H13FN2O4/c14-10-3-7(12(15)18)1-2-8(10)5-16-6-9(13(19)20)4-11(16)17/h1-3,9H,4-6H2,(H2,15,18)(H,19,20). The molecule has 1 aromatic carbocycles. The predicted octanol–water partition coefficient (Wildman–Crippen LogP) is 0.358. The van der Waals surface area contributed by atoms with Gasteiger partial charge in [-0.3, -0.25) is 14.4 Å². The van der Waals surface area contributed by atoms with E-state index in [-0.39, 0.29) is 36.5 Å². The van der Waals surface area contributed by atoms with E-state index in [1.807, 2.05) is 0 Å². The highest BCUT2D eigenvalue weighted by atomic mass is 19.1. The number of carbonyl (C=O) groups is 3. The summed E-state index contributed by atoms with van der Waals surface area (Å²) in [5, 5.41) is 8.86. The number of carbonyl (C=O) groups excluding carboxylic acids is 2. The summed E-state index contributed by atoms with van der Waals surface area (Å²) in [5.74, 6) is -3.50. The van der Waals surface area contributed by atoms with Gasteiger partial charge in [-0.05, 0) is 12.1 Å². The zero-order valence-corrected chi connectivity index (χ0v) is 10.5. The minimum Gasteiger partial charge on any atom is -0.481 e. The van der Waals surface area contributed by atoms with E-state index in [0.29, 0.717) is 0 Å². The fraction of sp³-hybridized carbons (Fsp3) is 0.308. The first-order valence-corrected chi connectivity index (χ1v) is 5.97. The van der Waals surface area contributed by atoms with Crippen molar-refractivity contribution in [2.75, 3.05) is 6.54 Å². The first kappa shape index (κ1) is 14.0. The number of nitrogens with zero attached hydrogens (tertiary/aromatic N) is 1. The van der Waals surface area contributed by atoms with Crippen LogP contribution >= 0.6 is 0 Å². The second-order valence-electron chi connectivity index (χ2n) is 4.68. The van der Waals surface area contributed by atoms with Crippen molar-refractivity contribution < 1.29 is 23.9 Å². The van der Waals surface area contributed by atoms with Gasteiger partial charge in [0.25, 0.3) is 0 Å². The molecule has 0 aliphatic carbocycles. The van der Waals surface area contributed by atoms with Gasteiger partial charge >= 0.3 is 5.97 Å². The Morgan fingerprint density at radius 2 is 2.15 bits per heavy atom. The molecule has 2 amide bonds. The van der Waals surface area contributed by atoms with Crippen molar-refractivity contribution in [2.45, 2.75) is 13.0 Å². The van der Waals surface area contributed by atoms with Crippen LogP contribution in [0.15, 0.2) is 18.2 Å². The first-order chi connectivity index (χ1) is 9.38. The SMILES string of the molecule is NC(=O)c1ccc(CN2CC(C(=O)O)CC2=O)c(F)c1. The summed E-state index contributed by atoms with van der Waals surface area (Å²) >= 11 is 0. The summed E-state index contributed by atoms with van der Waals surface area (Å²) in [6, 6.07) is 3.75. The average Bonchev–Trinajstić information content (AvgIpc) is 2.73. The van der Waals surface area contributed by atoms with Gasteiger partial charge in [-0.2, -0.15) is 0 Å². The lowest BCUT2D eigenvalue weighted by Crippen LogP contribution is -2.26. The second kappa shape index (κ2) is 5.28. The predicted molar refractivity (Wildman–Crippen MR) is 66.1 cm³/mol. The number of benzene rings is 1. The van der Waals surface area contributed by atoms with Crippen LogP contribution in [0, 0.1) is 11.7 Å². The number of hydrogen-bond acceptors (Lipinski definition) is 3. The Morgan fingerprint density at radius 3 is 2.65 bits per heavy atom. The maximum atomic E-state index is 13.8. The van der Waals surface area contributed by atoms with Gasteiger partial charge in [-0.25, -0.2) is 4.39 Å². The molecule has 1 unspecified atom stereocenters. The first-order valence-electron chi connectivity index (χ1n) is 5.97. The molecule has 1 aromatic rings. The van der Waals surface area contributed by atoms with Crippen LogP contribution in [0.3, 0.4) is 0 Å². The lowest BCUT2D eigenvalue weighted by atomic mass is 10.1. The number of amides is 2. The van der Waals surface area contributed by atoms with E-state index >= 15 is 0 Å². The second-order valence-corrected chi connectivity index (χ2v) is 4.68. The minimum atomic E-state index is -1.04. The van der Waals surface area contributed by atoms with Gasteiger partial charge in [0.05, 0.1) is 5.92 Å². The van der Waals surface area contributed by atoms with Crippen LogP contribution in [0.1, 0.15) is 22.3 Å². The topological polar surface area (TPSA) is 101 Å². The van der Waals surface area contributed by atoms with Crippen molar-refractivity contribution in [3.8, 4) is 0 Å². The number of carboxylic acid groups (broad SMARTS) is 1. The molecule has 1 saturated heterocycles. The maximum absolute atomic E-state index is 13.8. The summed E-state index contributed by atoms with van der Waals surface area (Å²) in [6.45, 7) is 0.0403. The van der Waals surface area contributed by atoms with E-state index in [9.17, 15) is 18.8 Å². The van der Waals surface area contributed by atoms with Crippen molar-refractivity contribution >= 4 is 17.8 Å². The Bertz CT molecular complexity index is 588. The smallest absolute Gasteiger partial charge is 0.308 e. The van der Waals surface area contributed by atoms with Crippen LogP contribution in [0.5, 0.6) is 0 Å². The number of carboxylic acids is 1. The third kappa shape index (κ3) is 2.76. The van der Waals surface area contributed by atoms with Crippen LogP contribution in [0.2, 0.25) is 0 Å². The molecule has 7 heteroatoms. The molecule has 0 saturated carbocycles. The molecule has 0 spiro atoms. The van der Waals surface area contributed by atoms with Crippen molar-refractivity contribution in [3.63, 3.8) is 0 Å². The molecule has 1 fully saturated rings. The highest BCUT2D eigenvalue weighted by Gasteiger charge is 2.34. The van der Waals surface area contributed by atoms with Crippen molar-refractivity contribution in [2.24, 2.45) is 11.7 Å².